The number of carbonyl (C=O) groups excluding carboxylic acids is 1. The average molecular weight is 461 g/mol. The van der Waals surface area contributed by atoms with Crippen LogP contribution in [0.25, 0.3) is 0 Å². The van der Waals surface area contributed by atoms with Crippen molar-refractivity contribution in [2.75, 3.05) is 27.3 Å². The van der Waals surface area contributed by atoms with Crippen LogP contribution in [0.2, 0.25) is 0 Å². The summed E-state index contributed by atoms with van der Waals surface area (Å²) in [6.45, 7) is 2.83. The molecule has 1 fully saturated rings. The molecule has 0 aliphatic carbocycles. The van der Waals surface area contributed by atoms with E-state index in [1.165, 1.54) is 4.31 Å². The van der Waals surface area contributed by atoms with Gasteiger partial charge < -0.3 is 14.8 Å². The minimum Gasteiger partial charge on any atom is -0.493 e. The predicted molar refractivity (Wildman–Crippen MR) is 124 cm³/mol. The van der Waals surface area contributed by atoms with Crippen molar-refractivity contribution in [3.8, 4) is 11.5 Å². The highest BCUT2D eigenvalue weighted by atomic mass is 32.2. The molecule has 0 saturated carbocycles. The van der Waals surface area contributed by atoms with Crippen LogP contribution >= 0.6 is 0 Å². The number of hydrogen-bond donors (Lipinski definition) is 1. The van der Waals surface area contributed by atoms with E-state index in [2.05, 4.69) is 5.32 Å². The van der Waals surface area contributed by atoms with Gasteiger partial charge in [-0.25, -0.2) is 8.42 Å². The van der Waals surface area contributed by atoms with Gasteiger partial charge in [0.15, 0.2) is 11.5 Å². The van der Waals surface area contributed by atoms with Crippen molar-refractivity contribution in [2.45, 2.75) is 50.0 Å². The zero-order valence-electron chi connectivity index (χ0n) is 19.0. The number of aryl methyl sites for hydroxylation is 1. The fourth-order valence-electron chi connectivity index (χ4n) is 4.01. The zero-order valence-corrected chi connectivity index (χ0v) is 19.8. The van der Waals surface area contributed by atoms with E-state index in [1.807, 2.05) is 25.1 Å². The normalized spacial score (nSPS) is 17.0. The smallest absolute Gasteiger partial charge is 0.243 e. The van der Waals surface area contributed by atoms with Gasteiger partial charge in [0.2, 0.25) is 15.9 Å². The third kappa shape index (κ3) is 5.81. The number of carbonyl (C=O) groups is 1. The summed E-state index contributed by atoms with van der Waals surface area (Å²) >= 11 is 0. The van der Waals surface area contributed by atoms with Crippen LogP contribution in [0.4, 0.5) is 0 Å². The summed E-state index contributed by atoms with van der Waals surface area (Å²) in [6.07, 6.45) is 3.22. The van der Waals surface area contributed by atoms with Gasteiger partial charge in [0.1, 0.15) is 0 Å². The number of nitrogens with zero attached hydrogens (tertiary/aromatic N) is 1. The number of benzene rings is 2. The largest absolute Gasteiger partial charge is 0.493 e. The molecule has 1 aliphatic heterocycles. The molecule has 1 atom stereocenters. The second kappa shape index (κ2) is 10.8. The Morgan fingerprint density at radius 2 is 1.78 bits per heavy atom. The highest BCUT2D eigenvalue weighted by Crippen LogP contribution is 2.28. The summed E-state index contributed by atoms with van der Waals surface area (Å²) in [5, 5.41) is 2.93. The van der Waals surface area contributed by atoms with Gasteiger partial charge in [0.05, 0.1) is 19.1 Å². The minimum absolute atomic E-state index is 0.138. The van der Waals surface area contributed by atoms with E-state index in [0.717, 1.165) is 24.0 Å². The molecule has 1 aliphatic rings. The molecule has 0 aromatic heterocycles. The Bertz CT molecular complexity index is 1020. The molecule has 2 aromatic rings. The molecule has 1 amide bonds. The molecule has 3 rings (SSSR count). The Morgan fingerprint density at radius 3 is 2.47 bits per heavy atom. The Kier molecular flexibility index (Phi) is 8.15. The Morgan fingerprint density at radius 1 is 1.06 bits per heavy atom. The molecule has 8 heteroatoms. The lowest BCUT2D eigenvalue weighted by Gasteiger charge is -2.34. The van der Waals surface area contributed by atoms with E-state index in [1.54, 1.807) is 38.5 Å². The van der Waals surface area contributed by atoms with Gasteiger partial charge in [0, 0.05) is 25.6 Å². The molecule has 0 spiro atoms. The maximum absolute atomic E-state index is 13.2. The number of piperidine rings is 1. The van der Waals surface area contributed by atoms with Crippen LogP contribution in [0, 0.1) is 6.92 Å². The molecule has 0 unspecified atom stereocenters. The van der Waals surface area contributed by atoms with Gasteiger partial charge in [-0.05, 0) is 56.0 Å². The summed E-state index contributed by atoms with van der Waals surface area (Å²) in [4.78, 5) is 12.9. The van der Waals surface area contributed by atoms with Crippen LogP contribution in [0.1, 0.15) is 36.8 Å². The number of hydrogen-bond acceptors (Lipinski definition) is 5. The number of amides is 1. The van der Waals surface area contributed by atoms with E-state index >= 15 is 0 Å². The fraction of sp³-hybridized carbons (Fsp3) is 0.458. The second-order valence-electron chi connectivity index (χ2n) is 8.07. The van der Waals surface area contributed by atoms with Crippen molar-refractivity contribution in [1.82, 2.24) is 9.62 Å². The number of nitrogens with one attached hydrogen (secondary N) is 1. The molecule has 0 radical (unpaired) electrons. The lowest BCUT2D eigenvalue weighted by atomic mass is 10.0. The molecule has 1 heterocycles. The molecule has 2 aromatic carbocycles. The van der Waals surface area contributed by atoms with Crippen LogP contribution in [0.15, 0.2) is 47.4 Å². The maximum atomic E-state index is 13.2. The van der Waals surface area contributed by atoms with Crippen molar-refractivity contribution in [3.05, 3.63) is 53.6 Å². The number of ether oxygens (including phenoxy) is 2. The highest BCUT2D eigenvalue weighted by molar-refractivity contribution is 7.89. The third-order valence-corrected chi connectivity index (χ3v) is 7.77. The Hall–Kier alpha value is -2.58. The number of methoxy groups -OCH3 is 2. The van der Waals surface area contributed by atoms with E-state index in [9.17, 15) is 13.2 Å². The first-order chi connectivity index (χ1) is 15.3. The van der Waals surface area contributed by atoms with Gasteiger partial charge >= 0.3 is 0 Å². The van der Waals surface area contributed by atoms with Crippen LogP contribution in [0.5, 0.6) is 11.5 Å². The molecule has 1 N–H and O–H groups in total. The molecule has 7 nitrogen and oxygen atoms in total. The quantitative estimate of drug-likeness (QED) is 0.621. The zero-order chi connectivity index (χ0) is 23.1. The highest BCUT2D eigenvalue weighted by Gasteiger charge is 2.34. The van der Waals surface area contributed by atoms with Crippen molar-refractivity contribution < 1.29 is 22.7 Å². The summed E-state index contributed by atoms with van der Waals surface area (Å²) < 4.78 is 38.4. The monoisotopic (exact) mass is 460 g/mol. The van der Waals surface area contributed by atoms with E-state index in [0.29, 0.717) is 37.4 Å². The molecule has 32 heavy (non-hydrogen) atoms. The Balaban J connectivity index is 1.59. The topological polar surface area (TPSA) is 84.9 Å². The lowest BCUT2D eigenvalue weighted by molar-refractivity contribution is -0.122. The Labute approximate surface area is 190 Å². The van der Waals surface area contributed by atoms with Gasteiger partial charge in [-0.2, -0.15) is 4.31 Å². The molecule has 174 valence electrons. The molecule has 1 saturated heterocycles. The number of rotatable bonds is 9. The summed E-state index contributed by atoms with van der Waals surface area (Å²) in [7, 11) is -0.448. The standard InChI is InChI=1S/C24H32N2O5S/c1-18-7-10-21(11-8-18)32(28,29)26-15-5-4-6-20(26)17-24(27)25-14-13-19-9-12-22(30-2)23(16-19)31-3/h7-12,16,20H,4-6,13-15,17H2,1-3H3,(H,25,27)/t20-/m1/s1. The average Bonchev–Trinajstić information content (AvgIpc) is 2.79. The molecule has 0 bridgehead atoms. The first-order valence-corrected chi connectivity index (χ1v) is 12.3. The minimum atomic E-state index is -3.62. The number of sulfonamides is 1. The van der Waals surface area contributed by atoms with Gasteiger partial charge in [-0.1, -0.05) is 30.2 Å². The second-order valence-corrected chi connectivity index (χ2v) is 9.96. The fourth-order valence-corrected chi connectivity index (χ4v) is 5.70. The third-order valence-electron chi connectivity index (χ3n) is 5.81. The van der Waals surface area contributed by atoms with E-state index in [-0.39, 0.29) is 23.3 Å². The summed E-state index contributed by atoms with van der Waals surface area (Å²) in [5.74, 6) is 1.17. The van der Waals surface area contributed by atoms with Gasteiger partial charge in [-0.3, -0.25) is 4.79 Å². The van der Waals surface area contributed by atoms with Crippen molar-refractivity contribution >= 4 is 15.9 Å². The predicted octanol–water partition coefficient (Wildman–Crippen LogP) is 3.30. The lowest BCUT2D eigenvalue weighted by Crippen LogP contribution is -2.46. The SMILES string of the molecule is COc1ccc(CCNC(=O)C[C@H]2CCCCN2S(=O)(=O)c2ccc(C)cc2)cc1OC. The van der Waals surface area contributed by atoms with E-state index in [4.69, 9.17) is 9.47 Å². The molecular formula is C24H32N2O5S. The van der Waals surface area contributed by atoms with Crippen LogP contribution in [0.3, 0.4) is 0 Å². The maximum Gasteiger partial charge on any atom is 0.243 e. The van der Waals surface area contributed by atoms with Crippen molar-refractivity contribution in [2.24, 2.45) is 0 Å². The van der Waals surface area contributed by atoms with E-state index < -0.39 is 10.0 Å². The van der Waals surface area contributed by atoms with Crippen LogP contribution < -0.4 is 14.8 Å². The van der Waals surface area contributed by atoms with Crippen LogP contribution in [-0.2, 0) is 21.2 Å². The molecular weight excluding hydrogens is 428 g/mol. The van der Waals surface area contributed by atoms with Crippen LogP contribution in [-0.4, -0.2) is 52.0 Å². The first kappa shape index (κ1) is 24.1. The van der Waals surface area contributed by atoms with Crippen molar-refractivity contribution in [1.29, 1.82) is 0 Å². The summed E-state index contributed by atoms with van der Waals surface area (Å²) in [6, 6.07) is 12.2. The van der Waals surface area contributed by atoms with Gasteiger partial charge in [-0.15, -0.1) is 0 Å². The summed E-state index contributed by atoms with van der Waals surface area (Å²) in [5.41, 5.74) is 2.03. The first-order valence-electron chi connectivity index (χ1n) is 10.9. The van der Waals surface area contributed by atoms with Gasteiger partial charge in [0.25, 0.3) is 0 Å². The van der Waals surface area contributed by atoms with Crippen molar-refractivity contribution in [3.63, 3.8) is 0 Å².